The highest BCUT2D eigenvalue weighted by atomic mass is 32.1. The number of hydrogen-bond acceptors (Lipinski definition) is 6. The van der Waals surface area contributed by atoms with Crippen LogP contribution in [0.1, 0.15) is 29.0 Å². The summed E-state index contributed by atoms with van der Waals surface area (Å²) in [7, 11) is 0. The van der Waals surface area contributed by atoms with E-state index in [9.17, 15) is 0 Å². The molecule has 244 valence electrons. The maximum Gasteiger partial charge on any atom is 0.127 e. The van der Waals surface area contributed by atoms with Gasteiger partial charge in [0, 0.05) is 72.3 Å². The molecule has 0 saturated heterocycles. The van der Waals surface area contributed by atoms with Crippen LogP contribution in [0, 0.1) is 0 Å². The van der Waals surface area contributed by atoms with Crippen LogP contribution in [0.2, 0.25) is 0 Å². The van der Waals surface area contributed by atoms with Crippen molar-refractivity contribution >= 4 is 101 Å². The van der Waals surface area contributed by atoms with Crippen LogP contribution in [0.25, 0.3) is 71.6 Å². The van der Waals surface area contributed by atoms with Crippen molar-refractivity contribution in [1.29, 1.82) is 0 Å². The number of thiophene rings is 3. The summed E-state index contributed by atoms with van der Waals surface area (Å²) in [5.41, 5.74) is 12.7. The number of nitrogens with one attached hydrogen (secondary N) is 1. The van der Waals surface area contributed by atoms with Gasteiger partial charge < -0.3 is 5.73 Å². The molecule has 0 saturated carbocycles. The average molecular weight is 710 g/mol. The molecule has 6 heteroatoms. The predicted molar refractivity (Wildman–Crippen MR) is 224 cm³/mol. The second kappa shape index (κ2) is 12.5. The fourth-order valence-electron chi connectivity index (χ4n) is 7.33. The van der Waals surface area contributed by atoms with E-state index in [1.807, 2.05) is 46.3 Å². The lowest BCUT2D eigenvalue weighted by atomic mass is 9.97. The first-order chi connectivity index (χ1) is 25.2. The minimum absolute atomic E-state index is 0.327. The number of fused-ring (bicyclic) bond motifs is 9. The van der Waals surface area contributed by atoms with Crippen LogP contribution in [0.4, 0.5) is 0 Å². The summed E-state index contributed by atoms with van der Waals surface area (Å²) in [5.74, 6) is 0. The van der Waals surface area contributed by atoms with E-state index in [0.717, 1.165) is 16.7 Å². The van der Waals surface area contributed by atoms with Crippen LogP contribution in [0.15, 0.2) is 157 Å². The van der Waals surface area contributed by atoms with E-state index < -0.39 is 6.17 Å². The maximum atomic E-state index is 7.02. The van der Waals surface area contributed by atoms with Crippen LogP contribution in [-0.2, 0) is 0 Å². The third-order valence-corrected chi connectivity index (χ3v) is 13.3. The van der Waals surface area contributed by atoms with Crippen molar-refractivity contribution < 1.29 is 0 Å². The zero-order valence-corrected chi connectivity index (χ0v) is 29.9. The van der Waals surface area contributed by atoms with Crippen molar-refractivity contribution in [2.75, 3.05) is 0 Å². The van der Waals surface area contributed by atoms with Gasteiger partial charge in [-0.05, 0) is 64.7 Å². The van der Waals surface area contributed by atoms with Gasteiger partial charge in [-0.25, -0.2) is 0 Å². The molecule has 0 bridgehead atoms. The molecule has 0 amide bonds. The van der Waals surface area contributed by atoms with Gasteiger partial charge in [0.15, 0.2) is 0 Å². The zero-order valence-electron chi connectivity index (χ0n) is 27.4. The van der Waals surface area contributed by atoms with Crippen molar-refractivity contribution in [3.05, 3.63) is 168 Å². The molecule has 0 aliphatic heterocycles. The molecule has 0 radical (unpaired) electrons. The standard InChI is InChI=1S/C45H31N3S3/c46-44(48-45(28-10-2-1-3-11-28)47-26-27-20-22-39-35(24-27)31-13-5-6-17-37(31)49-39)29-21-23-40-36(25-29)42-32(14-9-19-41(42)50-40)34-16-8-15-33-30-12-4-7-18-38(30)51-43(33)34/h1-26,44-45,48H,46H2. The fourth-order valence-corrected chi connectivity index (χ4v) is 10.8. The van der Waals surface area contributed by atoms with Crippen LogP contribution >= 0.6 is 34.0 Å². The highest BCUT2D eigenvalue weighted by molar-refractivity contribution is 7.27. The summed E-state index contributed by atoms with van der Waals surface area (Å²) in [4.78, 5) is 5.09. The normalized spacial score (nSPS) is 13.4. The minimum atomic E-state index is -0.437. The molecular weight excluding hydrogens is 679 g/mol. The predicted octanol–water partition coefficient (Wildman–Crippen LogP) is 12.8. The van der Waals surface area contributed by atoms with E-state index in [1.165, 1.54) is 71.6 Å². The molecule has 10 rings (SSSR count). The van der Waals surface area contributed by atoms with Crippen molar-refractivity contribution in [1.82, 2.24) is 5.32 Å². The molecule has 0 spiro atoms. The van der Waals surface area contributed by atoms with Crippen molar-refractivity contribution in [2.45, 2.75) is 12.3 Å². The first-order valence-corrected chi connectivity index (χ1v) is 19.5. The number of nitrogens with zero attached hydrogens (tertiary/aromatic N) is 1. The van der Waals surface area contributed by atoms with Gasteiger partial charge in [0.25, 0.3) is 0 Å². The van der Waals surface area contributed by atoms with Gasteiger partial charge >= 0.3 is 0 Å². The molecular formula is C45H31N3S3. The average Bonchev–Trinajstić information content (AvgIpc) is 3.87. The van der Waals surface area contributed by atoms with Crippen molar-refractivity contribution in [2.24, 2.45) is 10.7 Å². The summed E-state index contributed by atoms with van der Waals surface area (Å²) in [6.07, 6.45) is 1.21. The number of rotatable bonds is 7. The zero-order chi connectivity index (χ0) is 33.9. The van der Waals surface area contributed by atoms with Crippen LogP contribution < -0.4 is 11.1 Å². The summed E-state index contributed by atoms with van der Waals surface area (Å²) in [6, 6.07) is 54.3. The smallest absolute Gasteiger partial charge is 0.127 e. The summed E-state index contributed by atoms with van der Waals surface area (Å²) < 4.78 is 7.77. The topological polar surface area (TPSA) is 50.4 Å². The van der Waals surface area contributed by atoms with Crippen molar-refractivity contribution in [3.63, 3.8) is 0 Å². The van der Waals surface area contributed by atoms with Gasteiger partial charge in [-0.1, -0.05) is 109 Å². The molecule has 2 unspecified atom stereocenters. The molecule has 3 heterocycles. The SMILES string of the molecule is NC(NC(N=Cc1ccc2sc3ccccc3c2c1)c1ccccc1)c1ccc2sc3cccc(-c4cccc5c4sc4ccccc45)c3c2c1. The Hall–Kier alpha value is -5.21. The summed E-state index contributed by atoms with van der Waals surface area (Å²) >= 11 is 5.54. The maximum absolute atomic E-state index is 7.02. The second-order valence-corrected chi connectivity index (χ2v) is 16.1. The number of hydrogen-bond donors (Lipinski definition) is 2. The van der Waals surface area contributed by atoms with Crippen LogP contribution in [-0.4, -0.2) is 6.21 Å². The van der Waals surface area contributed by atoms with Crippen LogP contribution in [0.3, 0.4) is 0 Å². The molecule has 0 aliphatic carbocycles. The Kier molecular flexibility index (Phi) is 7.52. The summed E-state index contributed by atoms with van der Waals surface area (Å²) in [5, 5.41) is 11.4. The largest absolute Gasteiger partial charge is 0.312 e. The van der Waals surface area contributed by atoms with Gasteiger partial charge in [-0.3, -0.25) is 10.3 Å². The lowest BCUT2D eigenvalue weighted by Gasteiger charge is -2.21. The quantitative estimate of drug-likeness (QED) is 0.128. The Balaban J connectivity index is 1.02. The Morgan fingerprint density at radius 2 is 1.12 bits per heavy atom. The van der Waals surface area contributed by atoms with E-state index in [2.05, 4.69) is 151 Å². The van der Waals surface area contributed by atoms with E-state index in [1.54, 1.807) is 0 Å². The number of nitrogens with two attached hydrogens (primary N) is 1. The molecule has 3 nitrogen and oxygen atoms in total. The first kappa shape index (κ1) is 30.6. The van der Waals surface area contributed by atoms with Crippen molar-refractivity contribution in [3.8, 4) is 11.1 Å². The van der Waals surface area contributed by atoms with Crippen LogP contribution in [0.5, 0.6) is 0 Å². The second-order valence-electron chi connectivity index (χ2n) is 12.9. The Morgan fingerprint density at radius 1 is 0.490 bits per heavy atom. The molecule has 7 aromatic carbocycles. The highest BCUT2D eigenvalue weighted by Crippen LogP contribution is 2.45. The van der Waals surface area contributed by atoms with Gasteiger partial charge in [-0.15, -0.1) is 34.0 Å². The minimum Gasteiger partial charge on any atom is -0.312 e. The van der Waals surface area contributed by atoms with Gasteiger partial charge in [0.05, 0.1) is 6.17 Å². The van der Waals surface area contributed by atoms with E-state index >= 15 is 0 Å². The lowest BCUT2D eigenvalue weighted by molar-refractivity contribution is 0.467. The highest BCUT2D eigenvalue weighted by Gasteiger charge is 2.19. The third-order valence-electron chi connectivity index (χ3n) is 9.80. The molecule has 3 N–H and O–H groups in total. The fraction of sp³-hybridized carbons (Fsp3) is 0.0444. The molecule has 2 atom stereocenters. The Morgan fingerprint density at radius 3 is 1.98 bits per heavy atom. The first-order valence-electron chi connectivity index (χ1n) is 17.0. The Labute approximate surface area is 306 Å². The molecule has 0 aliphatic rings. The van der Waals surface area contributed by atoms with Gasteiger partial charge in [0.1, 0.15) is 6.17 Å². The lowest BCUT2D eigenvalue weighted by Crippen LogP contribution is -2.31. The molecule has 10 aromatic rings. The van der Waals surface area contributed by atoms with Gasteiger partial charge in [0.2, 0.25) is 0 Å². The van der Waals surface area contributed by atoms with Gasteiger partial charge in [-0.2, -0.15) is 0 Å². The Bertz CT molecular complexity index is 2930. The molecule has 3 aromatic heterocycles. The third kappa shape index (κ3) is 5.35. The van der Waals surface area contributed by atoms with E-state index in [4.69, 9.17) is 10.7 Å². The molecule has 0 fully saturated rings. The number of benzene rings is 7. The van der Waals surface area contributed by atoms with E-state index in [-0.39, 0.29) is 6.17 Å². The summed E-state index contributed by atoms with van der Waals surface area (Å²) in [6.45, 7) is 0. The van der Waals surface area contributed by atoms with E-state index in [0.29, 0.717) is 0 Å². The molecule has 51 heavy (non-hydrogen) atoms. The number of aliphatic imine (C=N–C) groups is 1. The monoisotopic (exact) mass is 709 g/mol.